The number of hydrazine groups is 1. The van der Waals surface area contributed by atoms with Crippen LogP contribution in [0.1, 0.15) is 34.2 Å². The Kier molecular flexibility index (Phi) is 4.31. The van der Waals surface area contributed by atoms with Crippen LogP contribution in [-0.4, -0.2) is 23.2 Å². The normalized spacial score (nSPS) is 23.3. The van der Waals surface area contributed by atoms with E-state index in [0.717, 1.165) is 0 Å². The molecule has 1 aromatic heterocycles. The Morgan fingerprint density at radius 2 is 1.74 bits per heavy atom. The Morgan fingerprint density at radius 3 is 2.35 bits per heavy atom. The molecule has 0 fully saturated rings. The van der Waals surface area contributed by atoms with Gasteiger partial charge in [0.15, 0.2) is 0 Å². The summed E-state index contributed by atoms with van der Waals surface area (Å²) in [6.45, 7) is 0. The first kappa shape index (κ1) is 16.2. The van der Waals surface area contributed by atoms with E-state index in [2.05, 4.69) is 10.4 Å². The maximum atomic E-state index is 13.8. The summed E-state index contributed by atoms with van der Waals surface area (Å²) < 4.78 is 41.4. The second-order valence-corrected chi connectivity index (χ2v) is 5.90. The highest BCUT2D eigenvalue weighted by Gasteiger charge is 2.48. The van der Waals surface area contributed by atoms with E-state index in [1.54, 1.807) is 31.3 Å². The molecule has 0 bridgehead atoms. The van der Waals surface area contributed by atoms with E-state index in [4.69, 9.17) is 11.6 Å². The van der Waals surface area contributed by atoms with Crippen molar-refractivity contribution in [3.05, 3.63) is 65.5 Å². The maximum absolute atomic E-state index is 13.8. The molecule has 3 unspecified atom stereocenters. The molecule has 2 aromatic rings. The van der Waals surface area contributed by atoms with Crippen molar-refractivity contribution in [2.24, 2.45) is 0 Å². The molecule has 7 heteroatoms. The molecule has 2 heterocycles. The molecule has 23 heavy (non-hydrogen) atoms. The summed E-state index contributed by atoms with van der Waals surface area (Å²) >= 11 is 6.30. The average molecular weight is 342 g/mol. The molecule has 1 N–H and O–H groups in total. The van der Waals surface area contributed by atoms with Gasteiger partial charge in [-0.1, -0.05) is 35.9 Å². The molecule has 0 radical (unpaired) electrons. The van der Waals surface area contributed by atoms with Crippen molar-refractivity contribution in [1.29, 1.82) is 0 Å². The van der Waals surface area contributed by atoms with Crippen LogP contribution in [0.2, 0.25) is 0 Å². The van der Waals surface area contributed by atoms with Crippen LogP contribution in [0, 0.1) is 0 Å². The van der Waals surface area contributed by atoms with E-state index >= 15 is 0 Å². The third-order valence-electron chi connectivity index (χ3n) is 4.02. The minimum Gasteiger partial charge on any atom is -0.265 e. The van der Waals surface area contributed by atoms with E-state index < -0.39 is 23.6 Å². The highest BCUT2D eigenvalue weighted by Crippen LogP contribution is 2.47. The standard InChI is InChI=1S/C16H15ClF3N3/c1-23-15(17)12-5-3-2-4-11(12)14(22-23)13(16(18,19)20)10-6-8-21-9-7-10/h2-9,13-15,22H,1H3. The van der Waals surface area contributed by atoms with Crippen molar-refractivity contribution in [2.45, 2.75) is 23.6 Å². The first-order chi connectivity index (χ1) is 10.9. The lowest BCUT2D eigenvalue weighted by Crippen LogP contribution is -2.47. The van der Waals surface area contributed by atoms with Gasteiger partial charge in [-0.25, -0.2) is 10.4 Å². The van der Waals surface area contributed by atoms with E-state index in [1.807, 2.05) is 0 Å². The minimum atomic E-state index is -4.41. The number of halogens is 4. The number of hydrogen-bond donors (Lipinski definition) is 1. The van der Waals surface area contributed by atoms with E-state index in [0.29, 0.717) is 11.1 Å². The SMILES string of the molecule is CN1NC(C(c2ccncc2)C(F)(F)F)c2ccccc2C1Cl. The maximum Gasteiger partial charge on any atom is 0.397 e. The van der Waals surface area contributed by atoms with Gasteiger partial charge in [-0.15, -0.1) is 0 Å². The highest BCUT2D eigenvalue weighted by atomic mass is 35.5. The number of benzene rings is 1. The third-order valence-corrected chi connectivity index (χ3v) is 4.55. The first-order valence-corrected chi connectivity index (χ1v) is 7.52. The van der Waals surface area contributed by atoms with Crippen LogP contribution in [0.25, 0.3) is 0 Å². The van der Waals surface area contributed by atoms with Gasteiger partial charge in [0.1, 0.15) is 11.4 Å². The molecule has 0 aliphatic carbocycles. The van der Waals surface area contributed by atoms with Crippen LogP contribution >= 0.6 is 11.6 Å². The molecule has 1 aliphatic heterocycles. The summed E-state index contributed by atoms with van der Waals surface area (Å²) in [4.78, 5) is 3.81. The minimum absolute atomic E-state index is 0.168. The zero-order valence-corrected chi connectivity index (χ0v) is 13.0. The van der Waals surface area contributed by atoms with Gasteiger partial charge in [0.05, 0.1) is 6.04 Å². The summed E-state index contributed by atoms with van der Waals surface area (Å²) in [5, 5.41) is 1.51. The largest absolute Gasteiger partial charge is 0.397 e. The van der Waals surface area contributed by atoms with Gasteiger partial charge >= 0.3 is 6.18 Å². The monoisotopic (exact) mass is 341 g/mol. The number of pyridine rings is 1. The van der Waals surface area contributed by atoms with Crippen molar-refractivity contribution in [3.8, 4) is 0 Å². The summed E-state index contributed by atoms with van der Waals surface area (Å²) in [6.07, 6.45) is -1.67. The number of alkyl halides is 4. The number of aromatic nitrogens is 1. The number of nitrogens with zero attached hydrogens (tertiary/aromatic N) is 2. The van der Waals surface area contributed by atoms with Crippen LogP contribution in [0.4, 0.5) is 13.2 Å². The number of rotatable bonds is 2. The molecule has 0 spiro atoms. The van der Waals surface area contributed by atoms with Gasteiger partial charge in [-0.05, 0) is 28.8 Å². The van der Waals surface area contributed by atoms with Crippen LogP contribution in [0.3, 0.4) is 0 Å². The van der Waals surface area contributed by atoms with Gasteiger partial charge in [0, 0.05) is 19.4 Å². The quantitative estimate of drug-likeness (QED) is 0.657. The Morgan fingerprint density at radius 1 is 1.13 bits per heavy atom. The van der Waals surface area contributed by atoms with Crippen LogP contribution < -0.4 is 5.43 Å². The number of nitrogens with one attached hydrogen (secondary N) is 1. The van der Waals surface area contributed by atoms with E-state index in [1.165, 1.54) is 29.5 Å². The Labute approximate surface area is 137 Å². The molecule has 1 aromatic carbocycles. The van der Waals surface area contributed by atoms with E-state index in [9.17, 15) is 13.2 Å². The van der Waals surface area contributed by atoms with Crippen molar-refractivity contribution >= 4 is 11.6 Å². The summed E-state index contributed by atoms with van der Waals surface area (Å²) in [6, 6.07) is 8.80. The number of hydrogen-bond acceptors (Lipinski definition) is 3. The second kappa shape index (κ2) is 6.11. The Balaban J connectivity index is 2.12. The van der Waals surface area contributed by atoms with Crippen molar-refractivity contribution in [1.82, 2.24) is 15.4 Å². The third kappa shape index (κ3) is 3.06. The lowest BCUT2D eigenvalue weighted by molar-refractivity contribution is -0.162. The van der Waals surface area contributed by atoms with Gasteiger partial charge in [0.25, 0.3) is 0 Å². The van der Waals surface area contributed by atoms with E-state index in [-0.39, 0.29) is 5.56 Å². The lowest BCUT2D eigenvalue weighted by atomic mass is 9.84. The number of fused-ring (bicyclic) bond motifs is 1. The lowest BCUT2D eigenvalue weighted by Gasteiger charge is -2.41. The van der Waals surface area contributed by atoms with Crippen molar-refractivity contribution in [3.63, 3.8) is 0 Å². The summed E-state index contributed by atoms with van der Waals surface area (Å²) in [5.41, 5.74) is 3.78. The zero-order valence-electron chi connectivity index (χ0n) is 12.3. The van der Waals surface area contributed by atoms with Crippen molar-refractivity contribution < 1.29 is 13.2 Å². The fourth-order valence-electron chi connectivity index (χ4n) is 2.97. The molecular weight excluding hydrogens is 327 g/mol. The summed E-state index contributed by atoms with van der Waals surface area (Å²) in [5.74, 6) is -1.70. The van der Waals surface area contributed by atoms with Gasteiger partial charge in [-0.3, -0.25) is 4.98 Å². The molecule has 122 valence electrons. The fraction of sp³-hybridized carbons (Fsp3) is 0.312. The predicted octanol–water partition coefficient (Wildman–Crippen LogP) is 4.16. The molecule has 3 atom stereocenters. The fourth-order valence-corrected chi connectivity index (χ4v) is 3.22. The van der Waals surface area contributed by atoms with Gasteiger partial charge in [-0.2, -0.15) is 13.2 Å². The Bertz CT molecular complexity index is 678. The molecule has 0 amide bonds. The molecule has 3 rings (SSSR count). The molecule has 0 saturated carbocycles. The zero-order chi connectivity index (χ0) is 16.6. The topological polar surface area (TPSA) is 28.2 Å². The van der Waals surface area contributed by atoms with Crippen molar-refractivity contribution in [2.75, 3.05) is 7.05 Å². The molecular formula is C16H15ClF3N3. The van der Waals surface area contributed by atoms with Crippen LogP contribution in [0.15, 0.2) is 48.8 Å². The summed E-state index contributed by atoms with van der Waals surface area (Å²) in [7, 11) is 1.64. The van der Waals surface area contributed by atoms with Crippen LogP contribution in [-0.2, 0) is 0 Å². The Hall–Kier alpha value is -1.63. The van der Waals surface area contributed by atoms with Crippen LogP contribution in [0.5, 0.6) is 0 Å². The predicted molar refractivity (Wildman–Crippen MR) is 81.7 cm³/mol. The first-order valence-electron chi connectivity index (χ1n) is 7.08. The van der Waals surface area contributed by atoms with Gasteiger partial charge < -0.3 is 0 Å². The average Bonchev–Trinajstić information content (AvgIpc) is 2.52. The highest BCUT2D eigenvalue weighted by molar-refractivity contribution is 6.20. The van der Waals surface area contributed by atoms with Gasteiger partial charge in [0.2, 0.25) is 0 Å². The second-order valence-electron chi connectivity index (χ2n) is 5.48. The molecule has 3 nitrogen and oxygen atoms in total. The molecule has 0 saturated heterocycles. The smallest absolute Gasteiger partial charge is 0.265 e. The molecule has 1 aliphatic rings.